The number of carbonyl (C=O) groups is 1. The second-order valence-corrected chi connectivity index (χ2v) is 5.39. The Kier molecular flexibility index (Phi) is 5.05. The summed E-state index contributed by atoms with van der Waals surface area (Å²) < 4.78 is 0. The molecule has 1 unspecified atom stereocenters. The van der Waals surface area contributed by atoms with Crippen LogP contribution in [0.2, 0.25) is 10.0 Å². The van der Waals surface area contributed by atoms with Gasteiger partial charge in [-0.1, -0.05) is 59.6 Å². The molecule has 0 fully saturated rings. The Hall–Kier alpha value is -1.51. The van der Waals surface area contributed by atoms with Crippen LogP contribution in [0, 0.1) is 0 Å². The second-order valence-electron chi connectivity index (χ2n) is 4.58. The molecule has 0 spiro atoms. The molecule has 0 bridgehead atoms. The molecule has 20 heavy (non-hydrogen) atoms. The van der Waals surface area contributed by atoms with Gasteiger partial charge in [-0.2, -0.15) is 0 Å². The van der Waals surface area contributed by atoms with Gasteiger partial charge >= 0.3 is 0 Å². The quantitative estimate of drug-likeness (QED) is 0.890. The molecule has 0 radical (unpaired) electrons. The number of halogens is 2. The molecule has 104 valence electrons. The van der Waals surface area contributed by atoms with Gasteiger partial charge in [-0.3, -0.25) is 4.79 Å². The Labute approximate surface area is 128 Å². The van der Waals surface area contributed by atoms with Gasteiger partial charge < -0.3 is 5.32 Å². The van der Waals surface area contributed by atoms with Crippen LogP contribution in [-0.2, 0) is 11.2 Å². The van der Waals surface area contributed by atoms with Crippen molar-refractivity contribution in [3.05, 3.63) is 69.7 Å². The number of benzene rings is 2. The van der Waals surface area contributed by atoms with Crippen molar-refractivity contribution in [1.29, 1.82) is 0 Å². The summed E-state index contributed by atoms with van der Waals surface area (Å²) in [4.78, 5) is 12.0. The highest BCUT2D eigenvalue weighted by molar-refractivity contribution is 6.31. The number of hydrogen-bond acceptors (Lipinski definition) is 1. The lowest BCUT2D eigenvalue weighted by Crippen LogP contribution is -2.28. The molecule has 2 aromatic rings. The molecule has 0 aliphatic carbocycles. The maximum atomic E-state index is 12.0. The van der Waals surface area contributed by atoms with E-state index in [1.807, 2.05) is 49.4 Å². The zero-order valence-electron chi connectivity index (χ0n) is 11.1. The van der Waals surface area contributed by atoms with E-state index in [9.17, 15) is 4.79 Å². The van der Waals surface area contributed by atoms with Crippen LogP contribution in [0.4, 0.5) is 0 Å². The van der Waals surface area contributed by atoms with E-state index in [-0.39, 0.29) is 18.4 Å². The van der Waals surface area contributed by atoms with Gasteiger partial charge in [0.15, 0.2) is 0 Å². The number of hydrogen-bond donors (Lipinski definition) is 1. The SMILES string of the molecule is CC(NC(=O)Cc1ccccc1Cl)c1ccccc1Cl. The van der Waals surface area contributed by atoms with Crippen LogP contribution in [0.3, 0.4) is 0 Å². The van der Waals surface area contributed by atoms with Gasteiger partial charge in [-0.15, -0.1) is 0 Å². The van der Waals surface area contributed by atoms with Gasteiger partial charge in [0.05, 0.1) is 12.5 Å². The Balaban J connectivity index is 2.02. The summed E-state index contributed by atoms with van der Waals surface area (Å²) in [6.45, 7) is 1.91. The first-order chi connectivity index (χ1) is 9.58. The minimum atomic E-state index is -0.140. The summed E-state index contributed by atoms with van der Waals surface area (Å²) in [6, 6.07) is 14.7. The van der Waals surface area contributed by atoms with E-state index < -0.39 is 0 Å². The standard InChI is InChI=1S/C16H15Cl2NO/c1-11(13-7-3-5-9-15(13)18)19-16(20)10-12-6-2-4-8-14(12)17/h2-9,11H,10H2,1H3,(H,19,20). The lowest BCUT2D eigenvalue weighted by molar-refractivity contribution is -0.121. The molecule has 1 N–H and O–H groups in total. The molecular weight excluding hydrogens is 293 g/mol. The number of carbonyl (C=O) groups excluding carboxylic acids is 1. The van der Waals surface area contributed by atoms with Crippen LogP contribution < -0.4 is 5.32 Å². The predicted octanol–water partition coefficient (Wildman–Crippen LogP) is 4.41. The molecule has 4 heteroatoms. The lowest BCUT2D eigenvalue weighted by atomic mass is 10.1. The number of rotatable bonds is 4. The summed E-state index contributed by atoms with van der Waals surface area (Å²) in [5, 5.41) is 4.19. The molecule has 0 aliphatic heterocycles. The van der Waals surface area contributed by atoms with E-state index >= 15 is 0 Å². The molecular formula is C16H15Cl2NO. The molecule has 1 amide bonds. The van der Waals surface area contributed by atoms with E-state index in [0.717, 1.165) is 11.1 Å². The Morgan fingerprint density at radius 1 is 1.05 bits per heavy atom. The Morgan fingerprint density at radius 3 is 2.30 bits per heavy atom. The van der Waals surface area contributed by atoms with E-state index in [0.29, 0.717) is 10.0 Å². The second kappa shape index (κ2) is 6.78. The van der Waals surface area contributed by atoms with E-state index in [1.165, 1.54) is 0 Å². The fourth-order valence-electron chi connectivity index (χ4n) is 2.01. The van der Waals surface area contributed by atoms with Crippen molar-refractivity contribution in [2.45, 2.75) is 19.4 Å². The first-order valence-electron chi connectivity index (χ1n) is 6.35. The molecule has 2 aromatic carbocycles. The predicted molar refractivity (Wildman–Crippen MR) is 83.2 cm³/mol. The van der Waals surface area contributed by atoms with Gasteiger partial charge in [0.1, 0.15) is 0 Å². The third kappa shape index (κ3) is 3.75. The summed E-state index contributed by atoms with van der Waals surface area (Å²) in [5.41, 5.74) is 1.72. The van der Waals surface area contributed by atoms with Crippen molar-refractivity contribution in [1.82, 2.24) is 5.32 Å². The van der Waals surface area contributed by atoms with Crippen LogP contribution in [0.1, 0.15) is 24.1 Å². The fourth-order valence-corrected chi connectivity index (χ4v) is 2.51. The van der Waals surface area contributed by atoms with Crippen LogP contribution in [0.5, 0.6) is 0 Å². The highest BCUT2D eigenvalue weighted by Gasteiger charge is 2.13. The summed E-state index contributed by atoms with van der Waals surface area (Å²) in [6.07, 6.45) is 0.258. The molecule has 2 rings (SSSR count). The summed E-state index contributed by atoms with van der Waals surface area (Å²) >= 11 is 12.2. The highest BCUT2D eigenvalue weighted by atomic mass is 35.5. The maximum Gasteiger partial charge on any atom is 0.224 e. The molecule has 0 saturated carbocycles. The van der Waals surface area contributed by atoms with Crippen LogP contribution in [0.15, 0.2) is 48.5 Å². The molecule has 0 aliphatic rings. The third-order valence-corrected chi connectivity index (χ3v) is 3.77. The van der Waals surface area contributed by atoms with Crippen LogP contribution >= 0.6 is 23.2 Å². The van der Waals surface area contributed by atoms with Crippen LogP contribution in [-0.4, -0.2) is 5.91 Å². The zero-order chi connectivity index (χ0) is 14.5. The van der Waals surface area contributed by atoms with Crippen molar-refractivity contribution < 1.29 is 4.79 Å². The monoisotopic (exact) mass is 307 g/mol. The van der Waals surface area contributed by atoms with Gasteiger partial charge in [-0.25, -0.2) is 0 Å². The van der Waals surface area contributed by atoms with Gasteiger partial charge in [0.2, 0.25) is 5.91 Å². The largest absolute Gasteiger partial charge is 0.349 e. The first kappa shape index (κ1) is 14.9. The van der Waals surface area contributed by atoms with Crippen molar-refractivity contribution in [3.8, 4) is 0 Å². The van der Waals surface area contributed by atoms with E-state index in [2.05, 4.69) is 5.32 Å². The van der Waals surface area contributed by atoms with Crippen LogP contribution in [0.25, 0.3) is 0 Å². The van der Waals surface area contributed by atoms with Gasteiger partial charge in [-0.05, 0) is 30.2 Å². The average Bonchev–Trinajstić information content (AvgIpc) is 2.41. The minimum Gasteiger partial charge on any atom is -0.349 e. The topological polar surface area (TPSA) is 29.1 Å². The van der Waals surface area contributed by atoms with Crippen molar-refractivity contribution in [2.75, 3.05) is 0 Å². The molecule has 0 aromatic heterocycles. The normalized spacial score (nSPS) is 11.9. The van der Waals surface area contributed by atoms with E-state index in [1.54, 1.807) is 6.07 Å². The molecule has 0 saturated heterocycles. The zero-order valence-corrected chi connectivity index (χ0v) is 12.6. The van der Waals surface area contributed by atoms with Crippen molar-refractivity contribution in [3.63, 3.8) is 0 Å². The average molecular weight is 308 g/mol. The summed E-state index contributed by atoms with van der Waals surface area (Å²) in [5.74, 6) is -0.0782. The Bertz CT molecular complexity index is 613. The lowest BCUT2D eigenvalue weighted by Gasteiger charge is -2.16. The van der Waals surface area contributed by atoms with Gasteiger partial charge in [0, 0.05) is 10.0 Å². The first-order valence-corrected chi connectivity index (χ1v) is 7.10. The minimum absolute atomic E-state index is 0.0782. The Morgan fingerprint density at radius 2 is 1.65 bits per heavy atom. The van der Waals surface area contributed by atoms with Crippen molar-refractivity contribution >= 4 is 29.1 Å². The summed E-state index contributed by atoms with van der Waals surface area (Å²) in [7, 11) is 0. The fraction of sp³-hybridized carbons (Fsp3) is 0.188. The number of nitrogens with one attached hydrogen (secondary N) is 1. The molecule has 0 heterocycles. The molecule has 2 nitrogen and oxygen atoms in total. The third-order valence-electron chi connectivity index (χ3n) is 3.06. The smallest absolute Gasteiger partial charge is 0.224 e. The highest BCUT2D eigenvalue weighted by Crippen LogP contribution is 2.22. The maximum absolute atomic E-state index is 12.0. The van der Waals surface area contributed by atoms with Gasteiger partial charge in [0.25, 0.3) is 0 Å². The van der Waals surface area contributed by atoms with Crippen molar-refractivity contribution in [2.24, 2.45) is 0 Å². The van der Waals surface area contributed by atoms with E-state index in [4.69, 9.17) is 23.2 Å². The molecule has 1 atom stereocenters. The number of amides is 1.